The molecule has 1 heterocycles. The van der Waals surface area contributed by atoms with Gasteiger partial charge in [0.05, 0.1) is 6.10 Å². The second kappa shape index (κ2) is 4.53. The lowest BCUT2D eigenvalue weighted by molar-refractivity contribution is 0.150. The summed E-state index contributed by atoms with van der Waals surface area (Å²) in [4.78, 5) is 7.60. The van der Waals surface area contributed by atoms with Gasteiger partial charge in [0.1, 0.15) is 0 Å². The summed E-state index contributed by atoms with van der Waals surface area (Å²) in [6.07, 6.45) is 3.34. The van der Waals surface area contributed by atoms with Crippen LogP contribution in [0.1, 0.15) is 31.9 Å². The minimum Gasteiger partial charge on any atom is -0.388 e. The van der Waals surface area contributed by atoms with E-state index in [-0.39, 0.29) is 5.28 Å². The van der Waals surface area contributed by atoms with Gasteiger partial charge in [0.25, 0.3) is 0 Å². The average Bonchev–Trinajstić information content (AvgIpc) is 2.04. The smallest absolute Gasteiger partial charge is 0.222 e. The Bertz CT molecular complexity index is 261. The summed E-state index contributed by atoms with van der Waals surface area (Å²) < 4.78 is 0. The number of hydrogen-bond donors (Lipinski definition) is 1. The number of aliphatic hydroxyl groups excluding tert-OH is 1. The third-order valence-electron chi connectivity index (χ3n) is 1.72. The maximum Gasteiger partial charge on any atom is 0.222 e. The number of nitrogens with zero attached hydrogens (tertiary/aromatic N) is 2. The average molecular weight is 201 g/mol. The fourth-order valence-electron chi connectivity index (χ4n) is 1.08. The van der Waals surface area contributed by atoms with Gasteiger partial charge in [0, 0.05) is 18.0 Å². The lowest BCUT2D eigenvalue weighted by Gasteiger charge is -2.11. The highest BCUT2D eigenvalue weighted by molar-refractivity contribution is 6.28. The van der Waals surface area contributed by atoms with Crippen LogP contribution in [-0.4, -0.2) is 15.1 Å². The van der Waals surface area contributed by atoms with Crippen molar-refractivity contribution in [3.63, 3.8) is 0 Å². The molecule has 0 radical (unpaired) electrons. The van der Waals surface area contributed by atoms with Gasteiger partial charge >= 0.3 is 0 Å². The normalized spacial score (nSPS) is 13.3. The minimum absolute atomic E-state index is 0.209. The maximum atomic E-state index is 9.66. The van der Waals surface area contributed by atoms with Gasteiger partial charge in [-0.05, 0) is 23.9 Å². The van der Waals surface area contributed by atoms with E-state index in [0.29, 0.717) is 12.3 Å². The number of hydrogen-bond acceptors (Lipinski definition) is 3. The van der Waals surface area contributed by atoms with Crippen LogP contribution < -0.4 is 0 Å². The van der Waals surface area contributed by atoms with Gasteiger partial charge in [-0.15, -0.1) is 0 Å². The Morgan fingerprint density at radius 2 is 1.92 bits per heavy atom. The van der Waals surface area contributed by atoms with Crippen LogP contribution in [0.5, 0.6) is 0 Å². The van der Waals surface area contributed by atoms with Crippen LogP contribution in [0.2, 0.25) is 5.28 Å². The van der Waals surface area contributed by atoms with Crippen molar-refractivity contribution in [3.05, 3.63) is 23.2 Å². The van der Waals surface area contributed by atoms with E-state index in [0.717, 1.165) is 5.56 Å². The molecule has 13 heavy (non-hydrogen) atoms. The lowest BCUT2D eigenvalue weighted by Crippen LogP contribution is -2.02. The molecule has 0 amide bonds. The molecule has 3 nitrogen and oxygen atoms in total. The first-order chi connectivity index (χ1) is 6.09. The Hall–Kier alpha value is -0.670. The molecular formula is C9H13ClN2O. The van der Waals surface area contributed by atoms with Crippen LogP contribution >= 0.6 is 11.6 Å². The number of rotatable bonds is 3. The van der Waals surface area contributed by atoms with E-state index in [9.17, 15) is 5.11 Å². The second-order valence-electron chi connectivity index (χ2n) is 3.43. The fraction of sp³-hybridized carbons (Fsp3) is 0.556. The Morgan fingerprint density at radius 1 is 1.38 bits per heavy atom. The molecule has 1 aromatic heterocycles. The van der Waals surface area contributed by atoms with Gasteiger partial charge in [-0.3, -0.25) is 0 Å². The first-order valence-corrected chi connectivity index (χ1v) is 4.63. The SMILES string of the molecule is CC(C)CC(O)c1cnc(Cl)nc1. The predicted molar refractivity (Wildman–Crippen MR) is 51.5 cm³/mol. The van der Waals surface area contributed by atoms with E-state index in [1.165, 1.54) is 0 Å². The van der Waals surface area contributed by atoms with Crippen molar-refractivity contribution < 1.29 is 5.11 Å². The summed E-state index contributed by atoms with van der Waals surface area (Å²) in [7, 11) is 0. The van der Waals surface area contributed by atoms with Crippen molar-refractivity contribution in [2.45, 2.75) is 26.4 Å². The van der Waals surface area contributed by atoms with Gasteiger partial charge in [0.15, 0.2) is 0 Å². The van der Waals surface area contributed by atoms with E-state index in [1.807, 2.05) is 0 Å². The molecule has 0 aliphatic rings. The highest BCUT2D eigenvalue weighted by Gasteiger charge is 2.10. The topological polar surface area (TPSA) is 46.0 Å². The molecule has 1 rings (SSSR count). The molecule has 0 aliphatic carbocycles. The van der Waals surface area contributed by atoms with Crippen LogP contribution in [0, 0.1) is 5.92 Å². The fourth-order valence-corrected chi connectivity index (χ4v) is 1.17. The molecule has 0 spiro atoms. The maximum absolute atomic E-state index is 9.66. The summed E-state index contributed by atoms with van der Waals surface area (Å²) in [5.74, 6) is 0.450. The first kappa shape index (κ1) is 10.4. The molecule has 0 bridgehead atoms. The molecule has 1 N–H and O–H groups in total. The quantitative estimate of drug-likeness (QED) is 0.761. The van der Waals surface area contributed by atoms with E-state index < -0.39 is 6.10 Å². The molecule has 0 aliphatic heterocycles. The van der Waals surface area contributed by atoms with E-state index in [4.69, 9.17) is 11.6 Å². The molecule has 0 aromatic carbocycles. The zero-order valence-electron chi connectivity index (χ0n) is 7.74. The van der Waals surface area contributed by atoms with E-state index in [2.05, 4.69) is 23.8 Å². The zero-order valence-corrected chi connectivity index (χ0v) is 8.49. The molecule has 1 aromatic rings. The monoisotopic (exact) mass is 200 g/mol. The molecule has 4 heteroatoms. The summed E-state index contributed by atoms with van der Waals surface area (Å²) in [6, 6.07) is 0. The van der Waals surface area contributed by atoms with Crippen molar-refractivity contribution in [1.82, 2.24) is 9.97 Å². The molecule has 1 atom stereocenters. The predicted octanol–water partition coefficient (Wildman–Crippen LogP) is 2.21. The highest BCUT2D eigenvalue weighted by Crippen LogP contribution is 2.19. The molecular weight excluding hydrogens is 188 g/mol. The van der Waals surface area contributed by atoms with E-state index >= 15 is 0 Å². The minimum atomic E-state index is -0.489. The third kappa shape index (κ3) is 3.28. The number of aromatic nitrogens is 2. The largest absolute Gasteiger partial charge is 0.388 e. The van der Waals surface area contributed by atoms with Crippen LogP contribution in [-0.2, 0) is 0 Å². The molecule has 0 saturated heterocycles. The van der Waals surface area contributed by atoms with Gasteiger partial charge < -0.3 is 5.11 Å². The molecule has 72 valence electrons. The number of halogens is 1. The zero-order chi connectivity index (χ0) is 9.84. The Balaban J connectivity index is 2.66. The highest BCUT2D eigenvalue weighted by atomic mass is 35.5. The van der Waals surface area contributed by atoms with Gasteiger partial charge in [0.2, 0.25) is 5.28 Å². The molecule has 1 unspecified atom stereocenters. The van der Waals surface area contributed by atoms with Crippen molar-refractivity contribution in [1.29, 1.82) is 0 Å². The Kier molecular flexibility index (Phi) is 3.63. The van der Waals surface area contributed by atoms with Crippen molar-refractivity contribution in [2.24, 2.45) is 5.92 Å². The molecule has 0 saturated carbocycles. The van der Waals surface area contributed by atoms with Crippen LogP contribution in [0.15, 0.2) is 12.4 Å². The number of aliphatic hydroxyl groups is 1. The first-order valence-electron chi connectivity index (χ1n) is 4.25. The van der Waals surface area contributed by atoms with Crippen molar-refractivity contribution >= 4 is 11.6 Å². The van der Waals surface area contributed by atoms with Crippen LogP contribution in [0.25, 0.3) is 0 Å². The summed E-state index contributed by atoms with van der Waals surface area (Å²) in [5, 5.41) is 9.87. The van der Waals surface area contributed by atoms with Gasteiger partial charge in [-0.2, -0.15) is 0 Å². The second-order valence-corrected chi connectivity index (χ2v) is 3.77. The Labute approximate surface area is 82.8 Å². The third-order valence-corrected chi connectivity index (χ3v) is 1.91. The lowest BCUT2D eigenvalue weighted by atomic mass is 10.0. The summed E-state index contributed by atoms with van der Waals surface area (Å²) >= 11 is 5.52. The standard InChI is InChI=1S/C9H13ClN2O/c1-6(2)3-8(13)7-4-11-9(10)12-5-7/h4-6,8,13H,3H2,1-2H3. The Morgan fingerprint density at radius 3 is 2.38 bits per heavy atom. The van der Waals surface area contributed by atoms with Crippen LogP contribution in [0.3, 0.4) is 0 Å². The van der Waals surface area contributed by atoms with Gasteiger partial charge in [-0.1, -0.05) is 13.8 Å². The molecule has 0 fully saturated rings. The van der Waals surface area contributed by atoms with E-state index in [1.54, 1.807) is 12.4 Å². The van der Waals surface area contributed by atoms with Crippen LogP contribution in [0.4, 0.5) is 0 Å². The summed E-state index contributed by atoms with van der Waals surface area (Å²) in [5.41, 5.74) is 0.720. The van der Waals surface area contributed by atoms with Crippen molar-refractivity contribution in [3.8, 4) is 0 Å². The van der Waals surface area contributed by atoms with Crippen molar-refractivity contribution in [2.75, 3.05) is 0 Å². The summed E-state index contributed by atoms with van der Waals surface area (Å²) in [6.45, 7) is 4.11. The van der Waals surface area contributed by atoms with Gasteiger partial charge in [-0.25, -0.2) is 9.97 Å².